The van der Waals surface area contributed by atoms with Crippen molar-refractivity contribution in [1.29, 1.82) is 0 Å². The van der Waals surface area contributed by atoms with Gasteiger partial charge in [-0.05, 0) is 47.9 Å². The highest BCUT2D eigenvalue weighted by Crippen LogP contribution is 2.29. The summed E-state index contributed by atoms with van der Waals surface area (Å²) in [6, 6.07) is 11.0. The minimum atomic E-state index is -3.47. The number of pyridine rings is 1. The Balaban J connectivity index is 1.51. The summed E-state index contributed by atoms with van der Waals surface area (Å²) in [6.45, 7) is 0.807. The minimum absolute atomic E-state index is 0.357. The predicted octanol–water partition coefficient (Wildman–Crippen LogP) is 4.31. The summed E-state index contributed by atoms with van der Waals surface area (Å²) in [5.74, 6) is 0. The van der Waals surface area contributed by atoms with Crippen molar-refractivity contribution in [3.05, 3.63) is 76.4 Å². The molecule has 1 aliphatic heterocycles. The van der Waals surface area contributed by atoms with Crippen LogP contribution in [0.2, 0.25) is 5.02 Å². The van der Waals surface area contributed by atoms with Crippen molar-refractivity contribution in [2.75, 3.05) is 13.1 Å². The normalized spacial score (nSPS) is 16.1. The lowest BCUT2D eigenvalue weighted by atomic mass is 10.0. The average Bonchev–Trinajstić information content (AvgIpc) is 3.12. The van der Waals surface area contributed by atoms with Crippen molar-refractivity contribution >= 4 is 44.3 Å². The number of halogens is 1. The third-order valence-corrected chi connectivity index (χ3v) is 6.41. The zero-order valence-corrected chi connectivity index (χ0v) is 16.0. The topological polar surface area (TPSA) is 66.1 Å². The molecule has 0 amide bonds. The molecule has 0 unspecified atom stereocenters. The molecule has 5 nitrogen and oxygen atoms in total. The number of benzene rings is 1. The van der Waals surface area contributed by atoms with Crippen molar-refractivity contribution < 1.29 is 8.42 Å². The van der Waals surface area contributed by atoms with E-state index in [1.165, 1.54) is 9.71 Å². The van der Waals surface area contributed by atoms with E-state index in [1.54, 1.807) is 36.5 Å². The van der Waals surface area contributed by atoms with Gasteiger partial charge in [0.15, 0.2) is 0 Å². The molecule has 0 saturated carbocycles. The number of fused-ring (bicyclic) bond motifs is 1. The summed E-state index contributed by atoms with van der Waals surface area (Å²) in [6.07, 6.45) is 7.92. The van der Waals surface area contributed by atoms with E-state index in [0.29, 0.717) is 24.5 Å². The fraction of sp³-hybridized carbons (Fsp3) is 0.150. The third kappa shape index (κ3) is 3.83. The van der Waals surface area contributed by atoms with Gasteiger partial charge in [0.2, 0.25) is 10.0 Å². The Kier molecular flexibility index (Phi) is 4.86. The highest BCUT2D eigenvalue weighted by atomic mass is 35.5. The van der Waals surface area contributed by atoms with Gasteiger partial charge < -0.3 is 4.98 Å². The molecule has 4 rings (SSSR count). The highest BCUT2D eigenvalue weighted by Gasteiger charge is 2.23. The number of hydrogen-bond acceptors (Lipinski definition) is 3. The molecule has 1 aliphatic rings. The molecule has 3 aromatic rings. The first kappa shape index (κ1) is 18.0. The van der Waals surface area contributed by atoms with Crippen molar-refractivity contribution in [2.45, 2.75) is 6.42 Å². The molecule has 138 valence electrons. The molecular weight excluding hydrogens is 382 g/mol. The third-order valence-electron chi connectivity index (χ3n) is 4.63. The van der Waals surface area contributed by atoms with Crippen LogP contribution in [0.4, 0.5) is 0 Å². The van der Waals surface area contributed by atoms with Crippen LogP contribution in [-0.4, -0.2) is 35.8 Å². The standard InChI is InChI=1S/C20H18ClN3O2S/c21-17-5-3-15(4-6-17)9-13-27(25,26)24-11-7-16(8-12-24)19-14-23-20-18(19)2-1-10-22-20/h1-7,9-10,13-14H,8,11-12H2,(H,22,23)/b13-9+. The SMILES string of the molecule is O=S(=O)(/C=C/c1ccc(Cl)cc1)N1CC=C(c2c[nH]c3ncccc23)CC1. The number of aromatic amines is 1. The van der Waals surface area contributed by atoms with Gasteiger partial charge in [0.25, 0.3) is 0 Å². The van der Waals surface area contributed by atoms with E-state index in [9.17, 15) is 8.42 Å². The van der Waals surface area contributed by atoms with Crippen LogP contribution >= 0.6 is 11.6 Å². The van der Waals surface area contributed by atoms with Crippen LogP contribution < -0.4 is 0 Å². The van der Waals surface area contributed by atoms with Crippen molar-refractivity contribution in [3.8, 4) is 0 Å². The second-order valence-electron chi connectivity index (χ2n) is 6.34. The first-order valence-corrected chi connectivity index (χ1v) is 10.5. The number of nitrogens with zero attached hydrogens (tertiary/aromatic N) is 2. The Morgan fingerprint density at radius 2 is 2.00 bits per heavy atom. The highest BCUT2D eigenvalue weighted by molar-refractivity contribution is 7.92. The summed E-state index contributed by atoms with van der Waals surface area (Å²) in [4.78, 5) is 7.47. The summed E-state index contributed by atoms with van der Waals surface area (Å²) in [5.41, 5.74) is 3.87. The molecule has 27 heavy (non-hydrogen) atoms. The lowest BCUT2D eigenvalue weighted by molar-refractivity contribution is 0.448. The summed E-state index contributed by atoms with van der Waals surface area (Å²) in [7, 11) is -3.47. The van der Waals surface area contributed by atoms with Crippen molar-refractivity contribution in [2.24, 2.45) is 0 Å². The van der Waals surface area contributed by atoms with Gasteiger partial charge in [0.05, 0.1) is 0 Å². The molecule has 3 heterocycles. The van der Waals surface area contributed by atoms with Gasteiger partial charge in [-0.1, -0.05) is 29.8 Å². The van der Waals surface area contributed by atoms with Gasteiger partial charge >= 0.3 is 0 Å². The monoisotopic (exact) mass is 399 g/mol. The van der Waals surface area contributed by atoms with Gasteiger partial charge in [0, 0.05) is 46.9 Å². The molecule has 0 spiro atoms. The molecule has 0 aliphatic carbocycles. The number of rotatable bonds is 4. The molecule has 0 saturated heterocycles. The van der Waals surface area contributed by atoms with E-state index >= 15 is 0 Å². The van der Waals surface area contributed by atoms with Crippen LogP contribution in [0.15, 0.2) is 60.3 Å². The maximum Gasteiger partial charge on any atom is 0.236 e. The van der Waals surface area contributed by atoms with E-state index in [2.05, 4.69) is 9.97 Å². The van der Waals surface area contributed by atoms with E-state index in [-0.39, 0.29) is 0 Å². The molecule has 7 heteroatoms. The van der Waals surface area contributed by atoms with E-state index in [1.807, 2.05) is 24.4 Å². The van der Waals surface area contributed by atoms with Gasteiger partial charge in [-0.15, -0.1) is 0 Å². The van der Waals surface area contributed by atoms with Crippen LogP contribution in [-0.2, 0) is 10.0 Å². The van der Waals surface area contributed by atoms with Crippen molar-refractivity contribution in [3.63, 3.8) is 0 Å². The summed E-state index contributed by atoms with van der Waals surface area (Å²) < 4.78 is 26.7. The van der Waals surface area contributed by atoms with Gasteiger partial charge in [-0.2, -0.15) is 4.31 Å². The Bertz CT molecular complexity index is 1130. The van der Waals surface area contributed by atoms with Crippen LogP contribution in [0.5, 0.6) is 0 Å². The molecule has 2 aromatic heterocycles. The van der Waals surface area contributed by atoms with E-state index in [0.717, 1.165) is 27.7 Å². The molecule has 0 atom stereocenters. The van der Waals surface area contributed by atoms with Crippen LogP contribution in [0.3, 0.4) is 0 Å². The summed E-state index contributed by atoms with van der Waals surface area (Å²) >= 11 is 5.85. The average molecular weight is 400 g/mol. The largest absolute Gasteiger partial charge is 0.346 e. The van der Waals surface area contributed by atoms with Crippen LogP contribution in [0.1, 0.15) is 17.5 Å². The number of H-pyrrole nitrogens is 1. The lowest BCUT2D eigenvalue weighted by Crippen LogP contribution is -2.33. The Morgan fingerprint density at radius 1 is 1.19 bits per heavy atom. The quantitative estimate of drug-likeness (QED) is 0.711. The van der Waals surface area contributed by atoms with Gasteiger partial charge in [-0.3, -0.25) is 0 Å². The smallest absolute Gasteiger partial charge is 0.236 e. The molecule has 1 N–H and O–H groups in total. The first-order chi connectivity index (χ1) is 13.0. The zero-order valence-electron chi connectivity index (χ0n) is 14.5. The fourth-order valence-electron chi connectivity index (χ4n) is 3.17. The number of nitrogens with one attached hydrogen (secondary N) is 1. The van der Waals surface area contributed by atoms with Crippen LogP contribution in [0.25, 0.3) is 22.7 Å². The van der Waals surface area contributed by atoms with E-state index < -0.39 is 10.0 Å². The second-order valence-corrected chi connectivity index (χ2v) is 8.59. The molecule has 1 aromatic carbocycles. The second kappa shape index (κ2) is 7.31. The van der Waals surface area contributed by atoms with Gasteiger partial charge in [-0.25, -0.2) is 13.4 Å². The Hall–Kier alpha value is -2.41. The van der Waals surface area contributed by atoms with E-state index in [4.69, 9.17) is 11.6 Å². The Morgan fingerprint density at radius 3 is 2.74 bits per heavy atom. The number of sulfonamides is 1. The zero-order chi connectivity index (χ0) is 18.9. The number of aromatic nitrogens is 2. The molecule has 0 bridgehead atoms. The lowest BCUT2D eigenvalue weighted by Gasteiger charge is -2.24. The first-order valence-electron chi connectivity index (χ1n) is 8.58. The minimum Gasteiger partial charge on any atom is -0.346 e. The molecule has 0 fully saturated rings. The van der Waals surface area contributed by atoms with Crippen molar-refractivity contribution in [1.82, 2.24) is 14.3 Å². The predicted molar refractivity (Wildman–Crippen MR) is 110 cm³/mol. The Labute approximate surface area is 163 Å². The summed E-state index contributed by atoms with van der Waals surface area (Å²) in [5, 5.41) is 2.93. The molecular formula is C20H18ClN3O2S. The fourth-order valence-corrected chi connectivity index (χ4v) is 4.43. The molecule has 0 radical (unpaired) electrons. The maximum absolute atomic E-state index is 12.6. The number of hydrogen-bond donors (Lipinski definition) is 1. The van der Waals surface area contributed by atoms with Crippen LogP contribution in [0, 0.1) is 0 Å². The van der Waals surface area contributed by atoms with Gasteiger partial charge in [0.1, 0.15) is 5.65 Å². The maximum atomic E-state index is 12.6.